The summed E-state index contributed by atoms with van der Waals surface area (Å²) in [6.07, 6.45) is 1.63. The van der Waals surface area contributed by atoms with Crippen molar-refractivity contribution in [3.05, 3.63) is 64.1 Å². The van der Waals surface area contributed by atoms with Gasteiger partial charge in [0.05, 0.1) is 11.6 Å². The Balaban J connectivity index is 1.89. The summed E-state index contributed by atoms with van der Waals surface area (Å²) >= 11 is 11.5. The number of ether oxygens (including phenoxy) is 2. The predicted octanol–water partition coefficient (Wildman–Crippen LogP) is 4.14. The van der Waals surface area contributed by atoms with Crippen molar-refractivity contribution >= 4 is 40.9 Å². The molecule has 0 saturated carbocycles. The van der Waals surface area contributed by atoms with Crippen LogP contribution in [0.3, 0.4) is 0 Å². The zero-order chi connectivity index (χ0) is 20.3. The number of carbonyl (C=O) groups is 1. The lowest BCUT2D eigenvalue weighted by Crippen LogP contribution is -2.25. The van der Waals surface area contributed by atoms with Crippen LogP contribution in [-0.4, -0.2) is 29.6 Å². The Bertz CT molecular complexity index is 964. The molecule has 1 heterocycles. The van der Waals surface area contributed by atoms with Crippen molar-refractivity contribution in [3.8, 4) is 11.5 Å². The minimum Gasteiger partial charge on any atom is -0.490 e. The van der Waals surface area contributed by atoms with Gasteiger partial charge in [-0.15, -0.1) is 0 Å². The number of hydrogen-bond donors (Lipinski definition) is 1. The van der Waals surface area contributed by atoms with E-state index in [1.165, 1.54) is 11.0 Å². The average Bonchev–Trinajstić information content (AvgIpc) is 2.89. The van der Waals surface area contributed by atoms with Gasteiger partial charge in [-0.3, -0.25) is 9.69 Å². The minimum atomic E-state index is -0.358. The van der Waals surface area contributed by atoms with E-state index in [4.69, 9.17) is 33.3 Å². The number of nitrogens with zero attached hydrogens (tertiary/aromatic N) is 1. The molecular formula is C20H18ClFN2O3S. The number of nitrogens with one attached hydrogen (secondary N) is 1. The summed E-state index contributed by atoms with van der Waals surface area (Å²) in [5.41, 5.74) is 1.39. The van der Waals surface area contributed by atoms with Crippen molar-refractivity contribution in [2.45, 2.75) is 13.5 Å². The van der Waals surface area contributed by atoms with Crippen molar-refractivity contribution in [2.75, 3.05) is 13.7 Å². The van der Waals surface area contributed by atoms with E-state index in [1.54, 1.807) is 43.5 Å². The SMILES string of the molecule is CCOc1cc(/C=C2\NC(=S)N(C)C2=O)cc(Cl)c1OCc1ccccc1F. The zero-order valence-electron chi connectivity index (χ0n) is 15.3. The lowest BCUT2D eigenvalue weighted by molar-refractivity contribution is -0.121. The Kier molecular flexibility index (Phi) is 6.16. The van der Waals surface area contributed by atoms with Gasteiger partial charge >= 0.3 is 0 Å². The van der Waals surface area contributed by atoms with E-state index in [2.05, 4.69) is 5.32 Å². The highest BCUT2D eigenvalue weighted by Gasteiger charge is 2.27. The molecule has 2 aromatic rings. The van der Waals surface area contributed by atoms with Crippen LogP contribution in [0.1, 0.15) is 18.1 Å². The molecule has 3 rings (SSSR count). The smallest absolute Gasteiger partial charge is 0.276 e. The highest BCUT2D eigenvalue weighted by Crippen LogP contribution is 2.38. The molecular weight excluding hydrogens is 403 g/mol. The molecule has 0 aromatic heterocycles. The van der Waals surface area contributed by atoms with Crippen LogP contribution >= 0.6 is 23.8 Å². The minimum absolute atomic E-state index is 0.00596. The highest BCUT2D eigenvalue weighted by atomic mass is 35.5. The van der Waals surface area contributed by atoms with Gasteiger partial charge in [0.15, 0.2) is 16.6 Å². The van der Waals surface area contributed by atoms with Crippen LogP contribution in [0.2, 0.25) is 5.02 Å². The molecule has 1 fully saturated rings. The molecule has 1 amide bonds. The van der Waals surface area contributed by atoms with E-state index in [0.717, 1.165) is 0 Å². The fourth-order valence-corrected chi connectivity index (χ4v) is 3.10. The van der Waals surface area contributed by atoms with Gasteiger partial charge < -0.3 is 14.8 Å². The van der Waals surface area contributed by atoms with E-state index >= 15 is 0 Å². The second-order valence-electron chi connectivity index (χ2n) is 6.00. The molecule has 0 atom stereocenters. The standard InChI is InChI=1S/C20H18ClFN2O3S/c1-3-26-17-10-12(9-16-19(25)24(2)20(28)23-16)8-14(21)18(17)27-11-13-6-4-5-7-15(13)22/h4-10H,3,11H2,1-2H3,(H,23,28)/b16-9-. The molecule has 1 saturated heterocycles. The van der Waals surface area contributed by atoms with Crippen LogP contribution in [-0.2, 0) is 11.4 Å². The fraction of sp³-hybridized carbons (Fsp3) is 0.200. The molecule has 0 bridgehead atoms. The maximum absolute atomic E-state index is 13.8. The maximum atomic E-state index is 13.8. The number of hydrogen-bond acceptors (Lipinski definition) is 4. The maximum Gasteiger partial charge on any atom is 0.276 e. The molecule has 0 radical (unpaired) electrons. The number of halogens is 2. The zero-order valence-corrected chi connectivity index (χ0v) is 16.9. The average molecular weight is 421 g/mol. The Hall–Kier alpha value is -2.64. The first kappa shape index (κ1) is 20.1. The monoisotopic (exact) mass is 420 g/mol. The summed E-state index contributed by atoms with van der Waals surface area (Å²) in [6.45, 7) is 2.22. The molecule has 5 nitrogen and oxygen atoms in total. The van der Waals surface area contributed by atoms with Crippen LogP contribution in [0.5, 0.6) is 11.5 Å². The lowest BCUT2D eigenvalue weighted by atomic mass is 10.1. The molecule has 146 valence electrons. The molecule has 1 N–H and O–H groups in total. The number of thiocarbonyl (C=S) groups is 1. The summed E-state index contributed by atoms with van der Waals surface area (Å²) in [5.74, 6) is 0.120. The van der Waals surface area contributed by atoms with Gasteiger partial charge in [0.1, 0.15) is 18.1 Å². The number of likely N-dealkylation sites (N-methyl/N-ethyl adjacent to an activating group) is 1. The third kappa shape index (κ3) is 4.26. The first-order valence-electron chi connectivity index (χ1n) is 8.54. The molecule has 8 heteroatoms. The summed E-state index contributed by atoms with van der Waals surface area (Å²) in [6, 6.07) is 9.70. The summed E-state index contributed by atoms with van der Waals surface area (Å²) in [7, 11) is 1.59. The topological polar surface area (TPSA) is 50.8 Å². The van der Waals surface area contributed by atoms with Crippen molar-refractivity contribution in [1.29, 1.82) is 0 Å². The van der Waals surface area contributed by atoms with Gasteiger partial charge in [0.2, 0.25) is 0 Å². The number of amides is 1. The van der Waals surface area contributed by atoms with E-state index in [0.29, 0.717) is 40.0 Å². The first-order valence-corrected chi connectivity index (χ1v) is 9.32. The number of rotatable bonds is 6. The second-order valence-corrected chi connectivity index (χ2v) is 6.79. The van der Waals surface area contributed by atoms with Gasteiger partial charge in [-0.25, -0.2) is 4.39 Å². The van der Waals surface area contributed by atoms with Gasteiger partial charge in [-0.2, -0.15) is 0 Å². The molecule has 1 aliphatic heterocycles. The van der Waals surface area contributed by atoms with Crippen LogP contribution < -0.4 is 14.8 Å². The molecule has 0 spiro atoms. The Morgan fingerprint density at radius 2 is 2.04 bits per heavy atom. The van der Waals surface area contributed by atoms with Gasteiger partial charge in [0.25, 0.3) is 5.91 Å². The first-order chi connectivity index (χ1) is 13.4. The number of carbonyl (C=O) groups excluding carboxylic acids is 1. The summed E-state index contributed by atoms with van der Waals surface area (Å²) < 4.78 is 25.2. The van der Waals surface area contributed by atoms with E-state index in [-0.39, 0.29) is 23.4 Å². The predicted molar refractivity (Wildman–Crippen MR) is 110 cm³/mol. The second kappa shape index (κ2) is 8.58. The molecule has 0 unspecified atom stereocenters. The molecule has 2 aromatic carbocycles. The van der Waals surface area contributed by atoms with Gasteiger partial charge in [-0.05, 0) is 49.0 Å². The summed E-state index contributed by atoms with van der Waals surface area (Å²) in [5, 5.41) is 3.47. The van der Waals surface area contributed by atoms with Crippen LogP contribution in [0.15, 0.2) is 42.1 Å². The lowest BCUT2D eigenvalue weighted by Gasteiger charge is -2.15. The van der Waals surface area contributed by atoms with E-state index in [1.807, 2.05) is 6.92 Å². The Morgan fingerprint density at radius 1 is 1.29 bits per heavy atom. The Morgan fingerprint density at radius 3 is 2.68 bits per heavy atom. The van der Waals surface area contributed by atoms with Crippen LogP contribution in [0, 0.1) is 5.82 Å². The van der Waals surface area contributed by atoms with Crippen LogP contribution in [0.4, 0.5) is 4.39 Å². The van der Waals surface area contributed by atoms with Crippen molar-refractivity contribution in [3.63, 3.8) is 0 Å². The van der Waals surface area contributed by atoms with Crippen molar-refractivity contribution in [2.24, 2.45) is 0 Å². The third-order valence-electron chi connectivity index (χ3n) is 4.05. The third-order valence-corrected chi connectivity index (χ3v) is 4.71. The van der Waals surface area contributed by atoms with Crippen molar-refractivity contribution < 1.29 is 18.7 Å². The Labute approximate surface area is 172 Å². The highest BCUT2D eigenvalue weighted by molar-refractivity contribution is 7.80. The molecule has 0 aliphatic carbocycles. The summed E-state index contributed by atoms with van der Waals surface area (Å²) in [4.78, 5) is 13.5. The molecule has 28 heavy (non-hydrogen) atoms. The number of benzene rings is 2. The fourth-order valence-electron chi connectivity index (χ4n) is 2.63. The van der Waals surface area contributed by atoms with Crippen molar-refractivity contribution in [1.82, 2.24) is 10.2 Å². The molecule has 1 aliphatic rings. The van der Waals surface area contributed by atoms with E-state index in [9.17, 15) is 9.18 Å². The van der Waals surface area contributed by atoms with Crippen LogP contribution in [0.25, 0.3) is 6.08 Å². The van der Waals surface area contributed by atoms with Gasteiger partial charge in [-0.1, -0.05) is 29.8 Å². The van der Waals surface area contributed by atoms with E-state index < -0.39 is 0 Å². The van der Waals surface area contributed by atoms with Gasteiger partial charge in [0, 0.05) is 12.6 Å². The quantitative estimate of drug-likeness (QED) is 0.562. The largest absolute Gasteiger partial charge is 0.490 e. The normalized spacial score (nSPS) is 15.1.